The Bertz CT molecular complexity index is 2060. The smallest absolute Gasteiger partial charge is 0.338 e. The zero-order valence-electron chi connectivity index (χ0n) is 28.3. The zero-order valence-corrected chi connectivity index (χ0v) is 34.7. The zero-order chi connectivity index (χ0) is 36.2. The molecule has 0 radical (unpaired) electrons. The molecule has 0 atom stereocenters. The summed E-state index contributed by atoms with van der Waals surface area (Å²) >= 11 is 13.9. The third-order valence-corrected chi connectivity index (χ3v) is 10.4. The molecule has 0 aromatic heterocycles. The number of carbonyl (C=O) groups is 1. The molecule has 6 aromatic carbocycles. The van der Waals surface area contributed by atoms with E-state index >= 15 is 0 Å². The van der Waals surface area contributed by atoms with Crippen LogP contribution in [0.1, 0.15) is 49.3 Å². The summed E-state index contributed by atoms with van der Waals surface area (Å²) in [4.78, 5) is 11.8. The number of esters is 1. The lowest BCUT2D eigenvalue weighted by atomic mass is 9.76. The van der Waals surface area contributed by atoms with Gasteiger partial charge in [0, 0.05) is 23.5 Å². The van der Waals surface area contributed by atoms with Gasteiger partial charge in [0.1, 0.15) is 5.60 Å². The molecule has 254 valence electrons. The summed E-state index contributed by atoms with van der Waals surface area (Å²) in [5, 5.41) is 12.7. The summed E-state index contributed by atoms with van der Waals surface area (Å²) < 4.78 is 8.62. The first-order chi connectivity index (χ1) is 23.8. The quantitative estimate of drug-likeness (QED) is 0.134. The summed E-state index contributed by atoms with van der Waals surface area (Å²) in [7, 11) is 1.38. The molecule has 0 saturated carbocycles. The molecule has 0 saturated heterocycles. The number of ether oxygens (including phenoxy) is 1. The molecule has 0 aliphatic heterocycles. The van der Waals surface area contributed by atoms with Gasteiger partial charge in [-0.15, -0.1) is 0 Å². The number of aryl methyl sites for hydroxylation is 4. The van der Waals surface area contributed by atoms with Crippen LogP contribution >= 0.6 is 63.7 Å². The van der Waals surface area contributed by atoms with E-state index in [-0.39, 0.29) is 5.97 Å². The molecule has 0 fully saturated rings. The van der Waals surface area contributed by atoms with Gasteiger partial charge < -0.3 is 9.84 Å². The van der Waals surface area contributed by atoms with Crippen LogP contribution in [0.15, 0.2) is 139 Å². The van der Waals surface area contributed by atoms with Crippen molar-refractivity contribution < 1.29 is 14.6 Å². The van der Waals surface area contributed by atoms with Gasteiger partial charge in [-0.3, -0.25) is 0 Å². The largest absolute Gasteiger partial charge is 0.465 e. The predicted octanol–water partition coefficient (Wildman–Crippen LogP) is 13.1. The number of methoxy groups -OCH3 is 1. The van der Waals surface area contributed by atoms with Crippen LogP contribution < -0.4 is 0 Å². The van der Waals surface area contributed by atoms with Gasteiger partial charge in [0.05, 0.1) is 12.7 Å². The van der Waals surface area contributed by atoms with E-state index in [9.17, 15) is 9.90 Å². The Morgan fingerprint density at radius 1 is 0.520 bits per heavy atom. The highest BCUT2D eigenvalue weighted by Gasteiger charge is 2.37. The minimum Gasteiger partial charge on any atom is -0.465 e. The standard InChI is InChI=1S/C29H26Br2O.C14H10Br2O2/c1-18-11-19(2)14-23(13-18)29(32,24-15-20(3)12-21(4)16-24)28-17-26(31)9-10-27(28)22-5-7-25(30)8-6-22;1-18-14(17)13-8-11(16)6-7-12(13)9-2-4-10(15)5-3-9/h5-17,32H,1-4H3;2-8H,1H3. The van der Waals surface area contributed by atoms with Crippen molar-refractivity contribution in [2.45, 2.75) is 33.3 Å². The number of hydrogen-bond donors (Lipinski definition) is 1. The van der Waals surface area contributed by atoms with Crippen molar-refractivity contribution >= 4 is 69.7 Å². The number of aliphatic hydroxyl groups is 1. The highest BCUT2D eigenvalue weighted by Crippen LogP contribution is 2.44. The van der Waals surface area contributed by atoms with Gasteiger partial charge in [0.15, 0.2) is 0 Å². The van der Waals surface area contributed by atoms with Crippen molar-refractivity contribution in [3.8, 4) is 22.3 Å². The van der Waals surface area contributed by atoms with Crippen molar-refractivity contribution in [1.82, 2.24) is 0 Å². The molecular formula is C43H36Br4O3. The third-order valence-electron chi connectivity index (χ3n) is 8.35. The molecule has 7 heteroatoms. The first kappa shape index (κ1) is 37.9. The summed E-state index contributed by atoms with van der Waals surface area (Å²) in [6.07, 6.45) is 0. The fourth-order valence-corrected chi connectivity index (χ4v) is 7.47. The minimum absolute atomic E-state index is 0.339. The monoisotopic (exact) mass is 916 g/mol. The molecule has 0 spiro atoms. The number of hydrogen-bond acceptors (Lipinski definition) is 3. The average molecular weight is 920 g/mol. The third kappa shape index (κ3) is 8.75. The number of rotatable bonds is 6. The van der Waals surface area contributed by atoms with Crippen LogP contribution in [-0.2, 0) is 10.3 Å². The Labute approximate surface area is 328 Å². The second-order valence-corrected chi connectivity index (χ2v) is 16.0. The highest BCUT2D eigenvalue weighted by atomic mass is 79.9. The van der Waals surface area contributed by atoms with Gasteiger partial charge in [-0.05, 0) is 110 Å². The van der Waals surface area contributed by atoms with Crippen molar-refractivity contribution in [3.05, 3.63) is 184 Å². The molecule has 0 aliphatic rings. The van der Waals surface area contributed by atoms with Crippen molar-refractivity contribution in [1.29, 1.82) is 0 Å². The number of carbonyl (C=O) groups excluding carboxylic acids is 1. The SMILES string of the molecule is COC(=O)c1cc(Br)ccc1-c1ccc(Br)cc1.Cc1cc(C)cc(C(O)(c2cc(C)cc(C)c2)c2cc(Br)ccc2-c2ccc(Br)cc2)c1. The van der Waals surface area contributed by atoms with Crippen LogP contribution in [0.3, 0.4) is 0 Å². The topological polar surface area (TPSA) is 46.5 Å². The van der Waals surface area contributed by atoms with E-state index < -0.39 is 5.60 Å². The average Bonchev–Trinajstić information content (AvgIpc) is 3.08. The molecule has 6 rings (SSSR count). The molecule has 0 bridgehead atoms. The van der Waals surface area contributed by atoms with Gasteiger partial charge in [-0.25, -0.2) is 4.79 Å². The van der Waals surface area contributed by atoms with Gasteiger partial charge in [-0.1, -0.05) is 159 Å². The Morgan fingerprint density at radius 2 is 0.900 bits per heavy atom. The maximum atomic E-state index is 12.7. The van der Waals surface area contributed by atoms with Crippen LogP contribution in [0.2, 0.25) is 0 Å². The first-order valence-electron chi connectivity index (χ1n) is 15.9. The predicted molar refractivity (Wildman–Crippen MR) is 220 cm³/mol. The lowest BCUT2D eigenvalue weighted by Gasteiger charge is -2.33. The van der Waals surface area contributed by atoms with Gasteiger partial charge >= 0.3 is 5.97 Å². The maximum absolute atomic E-state index is 12.7. The lowest BCUT2D eigenvalue weighted by molar-refractivity contribution is 0.0601. The van der Waals surface area contributed by atoms with Crippen LogP contribution in [-0.4, -0.2) is 18.2 Å². The summed E-state index contributed by atoms with van der Waals surface area (Å²) in [6, 6.07) is 40.4. The van der Waals surface area contributed by atoms with E-state index in [2.05, 4.69) is 146 Å². The molecule has 6 aromatic rings. The number of halogens is 4. The van der Waals surface area contributed by atoms with Crippen LogP contribution in [0.25, 0.3) is 22.3 Å². The van der Waals surface area contributed by atoms with Gasteiger partial charge in [0.2, 0.25) is 0 Å². The van der Waals surface area contributed by atoms with E-state index in [1.807, 2.05) is 60.7 Å². The molecule has 50 heavy (non-hydrogen) atoms. The highest BCUT2D eigenvalue weighted by molar-refractivity contribution is 9.11. The van der Waals surface area contributed by atoms with E-state index in [0.29, 0.717) is 5.56 Å². The maximum Gasteiger partial charge on any atom is 0.338 e. The van der Waals surface area contributed by atoms with E-state index in [4.69, 9.17) is 4.74 Å². The normalized spacial score (nSPS) is 11.1. The van der Waals surface area contributed by atoms with E-state index in [1.165, 1.54) is 7.11 Å². The molecule has 3 nitrogen and oxygen atoms in total. The Morgan fingerprint density at radius 3 is 1.34 bits per heavy atom. The lowest BCUT2D eigenvalue weighted by Crippen LogP contribution is -2.30. The molecule has 0 amide bonds. The van der Waals surface area contributed by atoms with Gasteiger partial charge in [0.25, 0.3) is 0 Å². The fourth-order valence-electron chi connectivity index (χ4n) is 6.22. The minimum atomic E-state index is -1.32. The molecule has 0 heterocycles. The fraction of sp³-hybridized carbons (Fsp3) is 0.140. The first-order valence-corrected chi connectivity index (χ1v) is 19.1. The van der Waals surface area contributed by atoms with Crippen LogP contribution in [0.4, 0.5) is 0 Å². The molecule has 0 aliphatic carbocycles. The van der Waals surface area contributed by atoms with Crippen LogP contribution in [0, 0.1) is 27.7 Å². The Kier molecular flexibility index (Phi) is 12.4. The Hall–Kier alpha value is -3.33. The molecule has 0 unspecified atom stereocenters. The summed E-state index contributed by atoms with van der Waals surface area (Å²) in [5.41, 5.74) is 10.2. The van der Waals surface area contributed by atoms with Crippen molar-refractivity contribution in [3.63, 3.8) is 0 Å². The summed E-state index contributed by atoms with van der Waals surface area (Å²) in [5.74, 6) is -0.339. The number of benzene rings is 6. The van der Waals surface area contributed by atoms with E-state index in [1.54, 1.807) is 6.07 Å². The van der Waals surface area contributed by atoms with Crippen LogP contribution in [0.5, 0.6) is 0 Å². The van der Waals surface area contributed by atoms with E-state index in [0.717, 1.165) is 79.1 Å². The Balaban J connectivity index is 0.000000228. The second kappa shape index (κ2) is 16.3. The van der Waals surface area contributed by atoms with Crippen molar-refractivity contribution in [2.24, 2.45) is 0 Å². The second-order valence-electron chi connectivity index (χ2n) is 12.3. The molecular weight excluding hydrogens is 884 g/mol. The van der Waals surface area contributed by atoms with Gasteiger partial charge in [-0.2, -0.15) is 0 Å². The van der Waals surface area contributed by atoms with Crippen molar-refractivity contribution in [2.75, 3.05) is 7.11 Å². The summed E-state index contributed by atoms with van der Waals surface area (Å²) in [6.45, 7) is 8.31. The molecule has 1 N–H and O–H groups in total.